The molecule has 0 spiro atoms. The van der Waals surface area contributed by atoms with Crippen LogP contribution >= 0.6 is 11.6 Å². The van der Waals surface area contributed by atoms with Crippen LogP contribution in [0.25, 0.3) is 17.1 Å². The van der Waals surface area contributed by atoms with Crippen LogP contribution in [0.15, 0.2) is 36.9 Å². The van der Waals surface area contributed by atoms with E-state index >= 15 is 0 Å². The lowest BCUT2D eigenvalue weighted by Gasteiger charge is -2.10. The molecular weight excluding hydrogens is 314 g/mol. The van der Waals surface area contributed by atoms with Crippen LogP contribution in [0.4, 0.5) is 0 Å². The molecule has 23 heavy (non-hydrogen) atoms. The van der Waals surface area contributed by atoms with Gasteiger partial charge in [0.05, 0.1) is 12.7 Å². The molecule has 2 heterocycles. The van der Waals surface area contributed by atoms with Crippen molar-refractivity contribution in [2.45, 2.75) is 18.8 Å². The third-order valence-electron chi connectivity index (χ3n) is 3.75. The van der Waals surface area contributed by atoms with Crippen LogP contribution in [0.2, 0.25) is 5.02 Å². The SMILES string of the molecule is COc1ccc(Cl)cc1-n1nc(C2CC2)nc1-c1cncnc1. The van der Waals surface area contributed by atoms with Gasteiger partial charge in [-0.15, -0.1) is 0 Å². The van der Waals surface area contributed by atoms with Gasteiger partial charge in [-0.2, -0.15) is 5.10 Å². The summed E-state index contributed by atoms with van der Waals surface area (Å²) < 4.78 is 7.21. The summed E-state index contributed by atoms with van der Waals surface area (Å²) in [5.41, 5.74) is 1.55. The highest BCUT2D eigenvalue weighted by Gasteiger charge is 2.30. The highest BCUT2D eigenvalue weighted by molar-refractivity contribution is 6.30. The predicted molar refractivity (Wildman–Crippen MR) is 85.9 cm³/mol. The Balaban J connectivity index is 1.92. The topological polar surface area (TPSA) is 65.7 Å². The second-order valence-corrected chi connectivity index (χ2v) is 5.86. The fourth-order valence-electron chi connectivity index (χ4n) is 2.44. The molecular formula is C16H14ClN5O. The lowest BCUT2D eigenvalue weighted by Crippen LogP contribution is -2.03. The van der Waals surface area contributed by atoms with Crippen molar-refractivity contribution in [3.05, 3.63) is 47.8 Å². The lowest BCUT2D eigenvalue weighted by molar-refractivity contribution is 0.412. The molecule has 0 N–H and O–H groups in total. The molecule has 0 saturated heterocycles. The summed E-state index contributed by atoms with van der Waals surface area (Å²) in [6.45, 7) is 0. The van der Waals surface area contributed by atoms with Crippen molar-refractivity contribution in [3.8, 4) is 22.8 Å². The van der Waals surface area contributed by atoms with E-state index in [1.54, 1.807) is 30.3 Å². The zero-order chi connectivity index (χ0) is 15.8. The van der Waals surface area contributed by atoms with Crippen LogP contribution in [-0.4, -0.2) is 31.8 Å². The molecule has 0 radical (unpaired) electrons. The van der Waals surface area contributed by atoms with E-state index in [1.807, 2.05) is 12.1 Å². The van der Waals surface area contributed by atoms with Crippen molar-refractivity contribution in [1.82, 2.24) is 24.7 Å². The highest BCUT2D eigenvalue weighted by atomic mass is 35.5. The number of hydrogen-bond acceptors (Lipinski definition) is 5. The molecule has 1 aromatic carbocycles. The summed E-state index contributed by atoms with van der Waals surface area (Å²) in [4.78, 5) is 12.8. The van der Waals surface area contributed by atoms with Gasteiger partial charge >= 0.3 is 0 Å². The molecule has 1 fully saturated rings. The average molecular weight is 328 g/mol. The predicted octanol–water partition coefficient (Wildman–Crippen LogP) is 3.26. The van der Waals surface area contributed by atoms with Crippen molar-refractivity contribution in [1.29, 1.82) is 0 Å². The summed E-state index contributed by atoms with van der Waals surface area (Å²) in [5, 5.41) is 5.29. The van der Waals surface area contributed by atoms with Gasteiger partial charge in [-0.1, -0.05) is 11.6 Å². The van der Waals surface area contributed by atoms with Gasteiger partial charge in [0.15, 0.2) is 11.6 Å². The van der Waals surface area contributed by atoms with Gasteiger partial charge in [-0.25, -0.2) is 19.6 Å². The van der Waals surface area contributed by atoms with E-state index in [0.717, 1.165) is 29.9 Å². The van der Waals surface area contributed by atoms with Crippen LogP contribution in [-0.2, 0) is 0 Å². The fourth-order valence-corrected chi connectivity index (χ4v) is 2.61. The van der Waals surface area contributed by atoms with E-state index in [9.17, 15) is 0 Å². The monoisotopic (exact) mass is 327 g/mol. The van der Waals surface area contributed by atoms with Crippen molar-refractivity contribution < 1.29 is 4.74 Å². The van der Waals surface area contributed by atoms with E-state index in [1.165, 1.54) is 6.33 Å². The summed E-state index contributed by atoms with van der Waals surface area (Å²) >= 11 is 6.16. The minimum Gasteiger partial charge on any atom is -0.494 e. The number of ether oxygens (including phenoxy) is 1. The summed E-state index contributed by atoms with van der Waals surface area (Å²) in [7, 11) is 1.62. The Labute approximate surface area is 138 Å². The molecule has 0 atom stereocenters. The zero-order valence-electron chi connectivity index (χ0n) is 12.5. The van der Waals surface area contributed by atoms with Gasteiger partial charge in [-0.05, 0) is 31.0 Å². The molecule has 4 rings (SSSR count). The molecule has 1 saturated carbocycles. The molecule has 0 aliphatic heterocycles. The number of nitrogens with zero attached hydrogens (tertiary/aromatic N) is 5. The van der Waals surface area contributed by atoms with Crippen LogP contribution in [0.5, 0.6) is 5.75 Å². The van der Waals surface area contributed by atoms with Crippen molar-refractivity contribution >= 4 is 11.6 Å². The molecule has 6 nitrogen and oxygen atoms in total. The van der Waals surface area contributed by atoms with E-state index in [-0.39, 0.29) is 0 Å². The smallest absolute Gasteiger partial charge is 0.166 e. The normalized spacial score (nSPS) is 14.0. The summed E-state index contributed by atoms with van der Waals surface area (Å²) in [5.74, 6) is 2.64. The van der Waals surface area contributed by atoms with Crippen molar-refractivity contribution in [2.75, 3.05) is 7.11 Å². The van der Waals surface area contributed by atoms with Gasteiger partial charge in [0.1, 0.15) is 17.8 Å². The number of hydrogen-bond donors (Lipinski definition) is 0. The van der Waals surface area contributed by atoms with E-state index < -0.39 is 0 Å². The van der Waals surface area contributed by atoms with Crippen LogP contribution < -0.4 is 4.74 Å². The second kappa shape index (κ2) is 5.62. The molecule has 7 heteroatoms. The standard InChI is InChI=1S/C16H14ClN5O/c1-23-14-5-4-12(17)6-13(14)22-16(11-7-18-9-19-8-11)20-15(21-22)10-2-3-10/h4-10H,2-3H2,1H3. The van der Waals surface area contributed by atoms with E-state index in [4.69, 9.17) is 21.3 Å². The number of benzene rings is 1. The summed E-state index contributed by atoms with van der Waals surface area (Å²) in [6.07, 6.45) is 7.19. The molecule has 0 unspecified atom stereocenters. The fraction of sp³-hybridized carbons (Fsp3) is 0.250. The quantitative estimate of drug-likeness (QED) is 0.735. The molecule has 0 bridgehead atoms. The minimum absolute atomic E-state index is 0.435. The van der Waals surface area contributed by atoms with E-state index in [2.05, 4.69) is 15.1 Å². The molecule has 116 valence electrons. The number of methoxy groups -OCH3 is 1. The Hall–Kier alpha value is -2.47. The Kier molecular flexibility index (Phi) is 3.46. The van der Waals surface area contributed by atoms with Crippen molar-refractivity contribution in [2.24, 2.45) is 0 Å². The molecule has 3 aromatic rings. The Bertz CT molecular complexity index is 845. The number of halogens is 1. The molecule has 1 aliphatic rings. The third kappa shape index (κ3) is 2.66. The number of rotatable bonds is 4. The third-order valence-corrected chi connectivity index (χ3v) is 3.99. The minimum atomic E-state index is 0.435. The van der Waals surface area contributed by atoms with Gasteiger partial charge < -0.3 is 4.74 Å². The van der Waals surface area contributed by atoms with Gasteiger partial charge in [0, 0.05) is 23.3 Å². The molecule has 1 aliphatic carbocycles. The van der Waals surface area contributed by atoms with Gasteiger partial charge in [-0.3, -0.25) is 0 Å². The maximum atomic E-state index is 6.16. The lowest BCUT2D eigenvalue weighted by atomic mass is 10.2. The van der Waals surface area contributed by atoms with Crippen LogP contribution in [0.3, 0.4) is 0 Å². The number of aromatic nitrogens is 5. The van der Waals surface area contributed by atoms with Gasteiger partial charge in [0.2, 0.25) is 0 Å². The first-order valence-corrected chi connectivity index (χ1v) is 7.70. The Morgan fingerprint density at radius 2 is 2.00 bits per heavy atom. The first-order valence-electron chi connectivity index (χ1n) is 7.32. The largest absolute Gasteiger partial charge is 0.494 e. The first kappa shape index (κ1) is 14.1. The van der Waals surface area contributed by atoms with Crippen LogP contribution in [0, 0.1) is 0 Å². The summed E-state index contributed by atoms with van der Waals surface area (Å²) in [6, 6.07) is 5.42. The second-order valence-electron chi connectivity index (χ2n) is 5.42. The van der Waals surface area contributed by atoms with Crippen molar-refractivity contribution in [3.63, 3.8) is 0 Å². The maximum Gasteiger partial charge on any atom is 0.166 e. The molecule has 2 aromatic heterocycles. The first-order chi connectivity index (χ1) is 11.3. The maximum absolute atomic E-state index is 6.16. The van der Waals surface area contributed by atoms with Gasteiger partial charge in [0.25, 0.3) is 0 Å². The zero-order valence-corrected chi connectivity index (χ0v) is 13.2. The highest BCUT2D eigenvalue weighted by Crippen LogP contribution is 2.40. The van der Waals surface area contributed by atoms with Crippen LogP contribution in [0.1, 0.15) is 24.6 Å². The molecule has 0 amide bonds. The Morgan fingerprint density at radius 3 is 2.70 bits per heavy atom. The van der Waals surface area contributed by atoms with E-state index in [0.29, 0.717) is 22.5 Å². The average Bonchev–Trinajstić information content (AvgIpc) is 3.34. The Morgan fingerprint density at radius 1 is 1.22 bits per heavy atom.